The largest absolute Gasteiger partial charge is 0.371 e. The first-order valence-corrected chi connectivity index (χ1v) is 6.32. The van der Waals surface area contributed by atoms with E-state index in [1.54, 1.807) is 6.07 Å². The van der Waals surface area contributed by atoms with Crippen molar-refractivity contribution in [1.82, 2.24) is 4.98 Å². The van der Waals surface area contributed by atoms with Gasteiger partial charge in [-0.15, -0.1) is 0 Å². The molecule has 2 atom stereocenters. The molecule has 0 bridgehead atoms. The van der Waals surface area contributed by atoms with Crippen LogP contribution in [0.25, 0.3) is 0 Å². The highest BCUT2D eigenvalue weighted by Gasteiger charge is 2.25. The van der Waals surface area contributed by atoms with Crippen LogP contribution in [-0.4, -0.2) is 28.4 Å². The summed E-state index contributed by atoms with van der Waals surface area (Å²) >= 11 is 0. The number of hydrogen-bond acceptors (Lipinski definition) is 4. The van der Waals surface area contributed by atoms with Crippen LogP contribution in [0.3, 0.4) is 0 Å². The van der Waals surface area contributed by atoms with Crippen LogP contribution in [0.5, 0.6) is 0 Å². The number of ether oxygens (including phenoxy) is 1. The van der Waals surface area contributed by atoms with E-state index in [4.69, 9.17) is 4.74 Å². The van der Waals surface area contributed by atoms with Gasteiger partial charge in [-0.1, -0.05) is 18.2 Å². The maximum Gasteiger partial charge on any atom is 0.153 e. The second-order valence-corrected chi connectivity index (χ2v) is 4.89. The molecule has 4 heteroatoms. The molecule has 1 aliphatic carbocycles. The highest BCUT2D eigenvalue weighted by Crippen LogP contribution is 2.23. The standard InChI is InChI=1S/C14H20N2O2/c1-10(2)18-13-8-7-12(9-13)16(17)14-6-4-5-11(3)15-14/h4-8,10,12-13,17H,9H2,1-3H3/t12-,13?/m1/s1. The van der Waals surface area contributed by atoms with Crippen LogP contribution < -0.4 is 5.06 Å². The number of aryl methyl sites for hydroxylation is 1. The van der Waals surface area contributed by atoms with Crippen LogP contribution in [0.1, 0.15) is 26.0 Å². The van der Waals surface area contributed by atoms with Gasteiger partial charge in [-0.2, -0.15) is 0 Å². The molecule has 98 valence electrons. The number of hydroxylamine groups is 1. The minimum atomic E-state index is -0.0666. The lowest BCUT2D eigenvalue weighted by Crippen LogP contribution is -2.31. The van der Waals surface area contributed by atoms with Gasteiger partial charge in [0, 0.05) is 12.1 Å². The zero-order valence-electron chi connectivity index (χ0n) is 11.1. The predicted molar refractivity (Wildman–Crippen MR) is 70.8 cm³/mol. The number of rotatable bonds is 4. The van der Waals surface area contributed by atoms with E-state index in [2.05, 4.69) is 4.98 Å². The molecular weight excluding hydrogens is 228 g/mol. The Balaban J connectivity index is 2.00. The summed E-state index contributed by atoms with van der Waals surface area (Å²) in [6, 6.07) is 5.54. The topological polar surface area (TPSA) is 45.6 Å². The number of hydrogen-bond donors (Lipinski definition) is 1. The van der Waals surface area contributed by atoms with E-state index in [9.17, 15) is 5.21 Å². The maximum absolute atomic E-state index is 10.2. The molecule has 0 spiro atoms. The minimum Gasteiger partial charge on any atom is -0.371 e. The highest BCUT2D eigenvalue weighted by molar-refractivity contribution is 5.39. The third-order valence-corrected chi connectivity index (χ3v) is 2.89. The molecule has 0 aliphatic heterocycles. The van der Waals surface area contributed by atoms with E-state index < -0.39 is 0 Å². The summed E-state index contributed by atoms with van der Waals surface area (Å²) in [5.41, 5.74) is 0.892. The Hall–Kier alpha value is -1.39. The smallest absolute Gasteiger partial charge is 0.153 e. The van der Waals surface area contributed by atoms with Crippen molar-refractivity contribution < 1.29 is 9.94 Å². The monoisotopic (exact) mass is 248 g/mol. The summed E-state index contributed by atoms with van der Waals surface area (Å²) in [7, 11) is 0. The van der Waals surface area contributed by atoms with Gasteiger partial charge in [0.2, 0.25) is 0 Å². The van der Waals surface area contributed by atoms with Gasteiger partial charge in [-0.05, 0) is 32.9 Å². The molecule has 18 heavy (non-hydrogen) atoms. The molecule has 1 unspecified atom stereocenters. The summed E-state index contributed by atoms with van der Waals surface area (Å²) in [6.45, 7) is 5.94. The van der Waals surface area contributed by atoms with Crippen LogP contribution in [0.15, 0.2) is 30.4 Å². The lowest BCUT2D eigenvalue weighted by Gasteiger charge is -2.23. The number of nitrogens with zero attached hydrogens (tertiary/aromatic N) is 2. The third kappa shape index (κ3) is 3.09. The SMILES string of the molecule is Cc1cccc(N(O)[C@@H]2C=CC(OC(C)C)C2)n1. The quantitative estimate of drug-likeness (QED) is 0.657. The van der Waals surface area contributed by atoms with Gasteiger partial charge in [0.15, 0.2) is 5.82 Å². The van der Waals surface area contributed by atoms with Crippen molar-refractivity contribution in [2.45, 2.75) is 45.4 Å². The van der Waals surface area contributed by atoms with E-state index in [0.29, 0.717) is 5.82 Å². The van der Waals surface area contributed by atoms with Crippen LogP contribution >= 0.6 is 0 Å². The van der Waals surface area contributed by atoms with Crippen molar-refractivity contribution in [3.8, 4) is 0 Å². The first kappa shape index (κ1) is 13.1. The molecular formula is C14H20N2O2. The van der Waals surface area contributed by atoms with E-state index in [-0.39, 0.29) is 18.2 Å². The summed E-state index contributed by atoms with van der Waals surface area (Å²) in [4.78, 5) is 4.30. The molecule has 0 fully saturated rings. The van der Waals surface area contributed by atoms with E-state index in [1.165, 1.54) is 5.06 Å². The molecule has 1 aliphatic rings. The Kier molecular flexibility index (Phi) is 3.99. The second-order valence-electron chi connectivity index (χ2n) is 4.89. The summed E-state index contributed by atoms with van der Waals surface area (Å²) < 4.78 is 5.71. The maximum atomic E-state index is 10.2. The van der Waals surface area contributed by atoms with Crippen molar-refractivity contribution in [3.63, 3.8) is 0 Å². The van der Waals surface area contributed by atoms with Gasteiger partial charge >= 0.3 is 0 Å². The first-order chi connectivity index (χ1) is 8.56. The van der Waals surface area contributed by atoms with E-state index in [1.807, 2.05) is 45.1 Å². The molecule has 1 aromatic heterocycles. The molecule has 1 heterocycles. The Morgan fingerprint density at radius 2 is 2.17 bits per heavy atom. The van der Waals surface area contributed by atoms with Gasteiger partial charge in [-0.3, -0.25) is 5.21 Å². The van der Waals surface area contributed by atoms with Gasteiger partial charge < -0.3 is 4.74 Å². The van der Waals surface area contributed by atoms with Crippen LogP contribution in [0.4, 0.5) is 5.82 Å². The fourth-order valence-electron chi connectivity index (χ4n) is 2.11. The van der Waals surface area contributed by atoms with Crippen LogP contribution in [0.2, 0.25) is 0 Å². The molecule has 0 aromatic carbocycles. The molecule has 0 amide bonds. The Labute approximate surface area is 108 Å². The Morgan fingerprint density at radius 3 is 2.83 bits per heavy atom. The predicted octanol–water partition coefficient (Wildman–Crippen LogP) is 2.71. The zero-order chi connectivity index (χ0) is 13.1. The molecule has 2 rings (SSSR count). The lowest BCUT2D eigenvalue weighted by molar-refractivity contribution is 0.0308. The lowest BCUT2D eigenvalue weighted by atomic mass is 10.2. The Bertz CT molecular complexity index is 432. The average Bonchev–Trinajstić information content (AvgIpc) is 2.75. The van der Waals surface area contributed by atoms with Crippen molar-refractivity contribution in [3.05, 3.63) is 36.0 Å². The van der Waals surface area contributed by atoms with Gasteiger partial charge in [-0.25, -0.2) is 10.0 Å². The second kappa shape index (κ2) is 5.50. The minimum absolute atomic E-state index is 0.0666. The fourth-order valence-corrected chi connectivity index (χ4v) is 2.11. The average molecular weight is 248 g/mol. The van der Waals surface area contributed by atoms with Gasteiger partial charge in [0.05, 0.1) is 18.2 Å². The molecule has 1 aromatic rings. The van der Waals surface area contributed by atoms with Crippen molar-refractivity contribution in [2.75, 3.05) is 5.06 Å². The summed E-state index contributed by atoms with van der Waals surface area (Å²) in [6.07, 6.45) is 5.00. The molecule has 0 saturated heterocycles. The highest BCUT2D eigenvalue weighted by atomic mass is 16.5. The number of pyridine rings is 1. The van der Waals surface area contributed by atoms with Gasteiger partial charge in [0.1, 0.15) is 0 Å². The molecule has 0 saturated carbocycles. The van der Waals surface area contributed by atoms with Gasteiger partial charge in [0.25, 0.3) is 0 Å². The first-order valence-electron chi connectivity index (χ1n) is 6.32. The molecule has 1 N–H and O–H groups in total. The Morgan fingerprint density at radius 1 is 1.39 bits per heavy atom. The van der Waals surface area contributed by atoms with Crippen molar-refractivity contribution in [1.29, 1.82) is 0 Å². The molecule has 0 radical (unpaired) electrons. The summed E-state index contributed by atoms with van der Waals surface area (Å²) in [5, 5.41) is 11.4. The normalized spacial score (nSPS) is 22.7. The van der Waals surface area contributed by atoms with Crippen LogP contribution in [0, 0.1) is 6.92 Å². The van der Waals surface area contributed by atoms with Crippen LogP contribution in [-0.2, 0) is 4.74 Å². The fraction of sp³-hybridized carbons (Fsp3) is 0.500. The van der Waals surface area contributed by atoms with Crippen molar-refractivity contribution >= 4 is 5.82 Å². The zero-order valence-corrected chi connectivity index (χ0v) is 11.1. The van der Waals surface area contributed by atoms with E-state index in [0.717, 1.165) is 12.1 Å². The number of aromatic nitrogens is 1. The van der Waals surface area contributed by atoms with Crippen molar-refractivity contribution in [2.24, 2.45) is 0 Å². The molecule has 4 nitrogen and oxygen atoms in total. The summed E-state index contributed by atoms with van der Waals surface area (Å²) in [5.74, 6) is 0.579. The third-order valence-electron chi connectivity index (χ3n) is 2.89. The number of anilines is 1. The van der Waals surface area contributed by atoms with E-state index >= 15 is 0 Å².